The molecule has 2 rings (SSSR count). The van der Waals surface area contributed by atoms with Crippen molar-refractivity contribution in [3.8, 4) is 0 Å². The molecule has 2 N–H and O–H groups in total. The van der Waals surface area contributed by atoms with Gasteiger partial charge in [0.05, 0.1) is 14.8 Å². The third-order valence-corrected chi connectivity index (χ3v) is 5.69. The molecule has 0 heterocycles. The van der Waals surface area contributed by atoms with Crippen LogP contribution in [0.5, 0.6) is 0 Å². The molecule has 0 atom stereocenters. The molecule has 0 amide bonds. The number of nitro groups is 1. The average molecular weight is 476 g/mol. The van der Waals surface area contributed by atoms with Crippen molar-refractivity contribution in [3.05, 3.63) is 62.1 Å². The maximum Gasteiger partial charge on any atom is 0.321 e. The summed E-state index contributed by atoms with van der Waals surface area (Å²) in [5.74, 6) is -1.63. The minimum Gasteiger partial charge on any atom is -0.456 e. The van der Waals surface area contributed by atoms with Crippen molar-refractivity contribution < 1.29 is 27.7 Å². The minimum atomic E-state index is -4.24. The van der Waals surface area contributed by atoms with E-state index in [4.69, 9.17) is 27.9 Å². The van der Waals surface area contributed by atoms with Gasteiger partial charge in [0, 0.05) is 23.7 Å². The van der Waals surface area contributed by atoms with Gasteiger partial charge in [-0.1, -0.05) is 23.2 Å². The summed E-state index contributed by atoms with van der Waals surface area (Å²) in [6.07, 6.45) is 0. The second kappa shape index (κ2) is 9.85. The molecular weight excluding hydrogens is 461 g/mol. The highest BCUT2D eigenvalue weighted by atomic mass is 35.5. The molecular formula is C17H15Cl2N3O7S. The molecule has 0 spiro atoms. The normalized spacial score (nSPS) is 11.0. The molecule has 0 saturated carbocycles. The second-order valence-corrected chi connectivity index (χ2v) is 8.33. The number of esters is 1. The van der Waals surface area contributed by atoms with Crippen molar-refractivity contribution in [3.63, 3.8) is 0 Å². The summed E-state index contributed by atoms with van der Waals surface area (Å²) in [4.78, 5) is 33.8. The van der Waals surface area contributed by atoms with E-state index < -0.39 is 50.4 Å². The topological polar surface area (TPSA) is 145 Å². The zero-order chi connectivity index (χ0) is 22.5. The van der Waals surface area contributed by atoms with E-state index in [1.807, 2.05) is 4.72 Å². The van der Waals surface area contributed by atoms with Crippen molar-refractivity contribution in [2.75, 3.05) is 25.5 Å². The Morgan fingerprint density at radius 2 is 1.87 bits per heavy atom. The van der Waals surface area contributed by atoms with Gasteiger partial charge in [-0.2, -0.15) is 4.72 Å². The Balaban J connectivity index is 1.99. The van der Waals surface area contributed by atoms with Crippen molar-refractivity contribution in [1.82, 2.24) is 4.72 Å². The van der Waals surface area contributed by atoms with E-state index >= 15 is 0 Å². The van der Waals surface area contributed by atoms with Gasteiger partial charge in [-0.25, -0.2) is 8.42 Å². The number of Topliss-reactive ketones (excluding diaryl/α,β-unsaturated/α-hetero) is 1. The van der Waals surface area contributed by atoms with E-state index in [2.05, 4.69) is 5.32 Å². The van der Waals surface area contributed by atoms with Gasteiger partial charge in [0.15, 0.2) is 6.61 Å². The molecule has 0 radical (unpaired) electrons. The fraction of sp³-hybridized carbons (Fsp3) is 0.176. The van der Waals surface area contributed by atoms with Crippen LogP contribution < -0.4 is 10.0 Å². The predicted molar refractivity (Wildman–Crippen MR) is 110 cm³/mol. The zero-order valence-electron chi connectivity index (χ0n) is 15.3. The van der Waals surface area contributed by atoms with Crippen LogP contribution in [0.25, 0.3) is 0 Å². The van der Waals surface area contributed by atoms with E-state index in [0.717, 1.165) is 12.1 Å². The van der Waals surface area contributed by atoms with Gasteiger partial charge in [0.2, 0.25) is 15.8 Å². The minimum absolute atomic E-state index is 0.0795. The molecule has 2 aromatic rings. The fourth-order valence-corrected chi connectivity index (χ4v) is 3.77. The molecule has 10 nitrogen and oxygen atoms in total. The highest BCUT2D eigenvalue weighted by Gasteiger charge is 2.22. The van der Waals surface area contributed by atoms with E-state index in [1.54, 1.807) is 0 Å². The summed E-state index contributed by atoms with van der Waals surface area (Å²) < 4.78 is 31.3. The Kier molecular flexibility index (Phi) is 7.73. The van der Waals surface area contributed by atoms with Gasteiger partial charge in [0.25, 0.3) is 5.69 Å². The Bertz CT molecular complexity index is 1110. The molecule has 0 bridgehead atoms. The van der Waals surface area contributed by atoms with Crippen LogP contribution in [0, 0.1) is 10.1 Å². The van der Waals surface area contributed by atoms with Crippen LogP contribution >= 0.6 is 23.2 Å². The lowest BCUT2D eigenvalue weighted by Crippen LogP contribution is -2.31. The molecule has 2 aromatic carbocycles. The summed E-state index contributed by atoms with van der Waals surface area (Å²) in [5.41, 5.74) is -0.238. The first-order chi connectivity index (χ1) is 14.0. The number of anilines is 1. The maximum atomic E-state index is 12.3. The van der Waals surface area contributed by atoms with Crippen molar-refractivity contribution >= 4 is 56.4 Å². The smallest absolute Gasteiger partial charge is 0.321 e. The van der Waals surface area contributed by atoms with Gasteiger partial charge in [-0.3, -0.25) is 19.7 Å². The molecule has 0 fully saturated rings. The number of hydrogen-bond acceptors (Lipinski definition) is 8. The number of sulfonamides is 1. The molecule has 0 aliphatic heterocycles. The number of ketones is 1. The standard InChI is InChI=1S/C17H15Cl2N3O7S/c1-20-14-5-3-11(7-15(14)22(25)26)30(27,28)21-8-17(24)29-9-16(23)12-4-2-10(18)6-13(12)19/h2-7,20-21H,8-9H2,1H3. The van der Waals surface area contributed by atoms with Crippen LogP contribution in [-0.4, -0.2) is 45.3 Å². The molecule has 0 unspecified atom stereocenters. The highest BCUT2D eigenvalue weighted by Crippen LogP contribution is 2.27. The van der Waals surface area contributed by atoms with Gasteiger partial charge in [0.1, 0.15) is 12.2 Å². The zero-order valence-corrected chi connectivity index (χ0v) is 17.7. The average Bonchev–Trinajstić information content (AvgIpc) is 2.69. The summed E-state index contributed by atoms with van der Waals surface area (Å²) >= 11 is 11.6. The highest BCUT2D eigenvalue weighted by molar-refractivity contribution is 7.89. The lowest BCUT2D eigenvalue weighted by molar-refractivity contribution is -0.384. The van der Waals surface area contributed by atoms with Gasteiger partial charge in [-0.05, 0) is 30.3 Å². The number of nitro benzene ring substituents is 1. The van der Waals surface area contributed by atoms with Crippen LogP contribution in [0.1, 0.15) is 10.4 Å². The lowest BCUT2D eigenvalue weighted by atomic mass is 10.1. The third-order valence-electron chi connectivity index (χ3n) is 3.75. The number of ether oxygens (including phenoxy) is 1. The van der Waals surface area contributed by atoms with E-state index in [-0.39, 0.29) is 16.3 Å². The largest absolute Gasteiger partial charge is 0.456 e. The number of benzene rings is 2. The van der Waals surface area contributed by atoms with Crippen LogP contribution in [0.15, 0.2) is 41.3 Å². The van der Waals surface area contributed by atoms with Gasteiger partial charge >= 0.3 is 5.97 Å². The maximum absolute atomic E-state index is 12.3. The quantitative estimate of drug-likeness (QED) is 0.243. The Labute approximate surface area is 181 Å². The second-order valence-electron chi connectivity index (χ2n) is 5.72. The molecule has 0 saturated heterocycles. The van der Waals surface area contributed by atoms with E-state index in [0.29, 0.717) is 5.02 Å². The van der Waals surface area contributed by atoms with Crippen molar-refractivity contribution in [1.29, 1.82) is 0 Å². The van der Waals surface area contributed by atoms with E-state index in [1.165, 1.54) is 31.3 Å². The summed E-state index contributed by atoms with van der Waals surface area (Å²) in [7, 11) is -2.79. The van der Waals surface area contributed by atoms with Crippen LogP contribution in [0.4, 0.5) is 11.4 Å². The monoisotopic (exact) mass is 475 g/mol. The predicted octanol–water partition coefficient (Wildman–Crippen LogP) is 2.65. The van der Waals surface area contributed by atoms with Crippen LogP contribution in [0.3, 0.4) is 0 Å². The first-order valence-corrected chi connectivity index (χ1v) is 10.4. The number of rotatable bonds is 9. The number of nitrogens with one attached hydrogen (secondary N) is 2. The lowest BCUT2D eigenvalue weighted by Gasteiger charge is -2.09. The number of carbonyl (C=O) groups excluding carboxylic acids is 2. The van der Waals surface area contributed by atoms with Crippen LogP contribution in [-0.2, 0) is 19.6 Å². The molecule has 0 aliphatic rings. The van der Waals surface area contributed by atoms with E-state index in [9.17, 15) is 28.1 Å². The molecule has 30 heavy (non-hydrogen) atoms. The van der Waals surface area contributed by atoms with Gasteiger partial charge < -0.3 is 10.1 Å². The van der Waals surface area contributed by atoms with Crippen molar-refractivity contribution in [2.24, 2.45) is 0 Å². The van der Waals surface area contributed by atoms with Gasteiger partial charge in [-0.15, -0.1) is 0 Å². The number of hydrogen-bond donors (Lipinski definition) is 2. The summed E-state index contributed by atoms with van der Waals surface area (Å²) in [5, 5.41) is 14.0. The Morgan fingerprint density at radius 1 is 1.17 bits per heavy atom. The summed E-state index contributed by atoms with van der Waals surface area (Å²) in [6, 6.07) is 7.37. The molecule has 160 valence electrons. The fourth-order valence-electron chi connectivity index (χ4n) is 2.27. The summed E-state index contributed by atoms with van der Waals surface area (Å²) in [6.45, 7) is -1.45. The SMILES string of the molecule is CNc1ccc(S(=O)(=O)NCC(=O)OCC(=O)c2ccc(Cl)cc2Cl)cc1[N+](=O)[O-]. The number of halogens is 2. The van der Waals surface area contributed by atoms with Crippen molar-refractivity contribution in [2.45, 2.75) is 4.90 Å². The Morgan fingerprint density at radius 3 is 2.47 bits per heavy atom. The molecule has 13 heteroatoms. The molecule has 0 aliphatic carbocycles. The first-order valence-electron chi connectivity index (χ1n) is 8.15. The first kappa shape index (κ1) is 23.5. The third kappa shape index (κ3) is 5.89. The number of carbonyl (C=O) groups is 2. The number of nitrogens with zero attached hydrogens (tertiary/aromatic N) is 1. The Hall–Kier alpha value is -2.73. The molecule has 0 aromatic heterocycles. The van der Waals surface area contributed by atoms with Crippen LogP contribution in [0.2, 0.25) is 10.0 Å².